The van der Waals surface area contributed by atoms with Crippen LogP contribution in [0.1, 0.15) is 17.3 Å². The maximum absolute atomic E-state index is 12.0. The van der Waals surface area contributed by atoms with E-state index in [1.807, 2.05) is 0 Å². The molecule has 1 aromatic heterocycles. The van der Waals surface area contributed by atoms with Gasteiger partial charge in [0.1, 0.15) is 11.3 Å². The minimum absolute atomic E-state index is 0.199. The van der Waals surface area contributed by atoms with Crippen LogP contribution in [-0.2, 0) is 14.6 Å². The number of Topliss-reactive ketones (excluding diaryl/α,β-unsaturated/α-hetero) is 1. The summed E-state index contributed by atoms with van der Waals surface area (Å²) >= 11 is 0. The number of hydrogen-bond acceptors (Lipinski definition) is 7. The lowest BCUT2D eigenvalue weighted by Crippen LogP contribution is -2.21. The van der Waals surface area contributed by atoms with Crippen molar-refractivity contribution in [3.8, 4) is 11.5 Å². The van der Waals surface area contributed by atoms with Gasteiger partial charge in [0.25, 0.3) is 5.56 Å². The van der Waals surface area contributed by atoms with Gasteiger partial charge in [-0.05, 0) is 25.1 Å². The first kappa shape index (κ1) is 16.0. The van der Waals surface area contributed by atoms with Gasteiger partial charge < -0.3 is 13.9 Å². The molecular formula is C13H13NO7S. The van der Waals surface area contributed by atoms with E-state index in [1.54, 1.807) is 6.07 Å². The predicted molar refractivity (Wildman–Crippen MR) is 77.7 cm³/mol. The molecule has 0 aliphatic heterocycles. The van der Waals surface area contributed by atoms with Crippen LogP contribution in [0, 0.1) is 0 Å². The van der Waals surface area contributed by atoms with Crippen LogP contribution in [0.2, 0.25) is 0 Å². The molecule has 0 aliphatic carbocycles. The molecule has 8 nitrogen and oxygen atoms in total. The minimum atomic E-state index is -4.40. The van der Waals surface area contributed by atoms with Crippen LogP contribution in [0.25, 0.3) is 10.9 Å². The van der Waals surface area contributed by atoms with Crippen LogP contribution in [0.3, 0.4) is 0 Å². The third-order valence-electron chi connectivity index (χ3n) is 2.92. The standard InChI is InChI=1S/C13H13NO7S/c1-7(15)11-12(21-22(17,18)20-3)9-6-8(19-2)4-5-10(9)14-13(11)16/h4-6H,1-3H3,(H,14,16). The molecular weight excluding hydrogens is 314 g/mol. The van der Waals surface area contributed by atoms with Gasteiger partial charge in [-0.25, -0.2) is 4.18 Å². The predicted octanol–water partition coefficient (Wildman–Crippen LogP) is 1.01. The Morgan fingerprint density at radius 2 is 1.91 bits per heavy atom. The van der Waals surface area contributed by atoms with E-state index in [1.165, 1.54) is 19.2 Å². The van der Waals surface area contributed by atoms with Crippen molar-refractivity contribution >= 4 is 27.1 Å². The van der Waals surface area contributed by atoms with Gasteiger partial charge in [0, 0.05) is 5.39 Å². The number of H-pyrrole nitrogens is 1. The molecule has 0 spiro atoms. The largest absolute Gasteiger partial charge is 0.497 e. The van der Waals surface area contributed by atoms with E-state index in [0.29, 0.717) is 5.75 Å². The summed E-state index contributed by atoms with van der Waals surface area (Å²) in [5, 5.41) is 0.199. The Morgan fingerprint density at radius 1 is 1.23 bits per heavy atom. The Morgan fingerprint density at radius 3 is 2.45 bits per heavy atom. The fraction of sp³-hybridized carbons (Fsp3) is 0.231. The van der Waals surface area contributed by atoms with E-state index in [0.717, 1.165) is 14.0 Å². The monoisotopic (exact) mass is 327 g/mol. The zero-order valence-corrected chi connectivity index (χ0v) is 12.8. The zero-order chi connectivity index (χ0) is 16.5. The lowest BCUT2D eigenvalue weighted by atomic mass is 10.1. The number of methoxy groups -OCH3 is 1. The molecule has 9 heteroatoms. The highest BCUT2D eigenvalue weighted by Crippen LogP contribution is 2.31. The fourth-order valence-corrected chi connectivity index (χ4v) is 2.36. The van der Waals surface area contributed by atoms with Crippen molar-refractivity contribution in [3.05, 3.63) is 34.1 Å². The van der Waals surface area contributed by atoms with Gasteiger partial charge in [0.05, 0.1) is 19.7 Å². The van der Waals surface area contributed by atoms with Crippen molar-refractivity contribution < 1.29 is 26.3 Å². The molecule has 0 saturated carbocycles. The van der Waals surface area contributed by atoms with Gasteiger partial charge in [0.15, 0.2) is 11.5 Å². The summed E-state index contributed by atoms with van der Waals surface area (Å²) in [6.07, 6.45) is 0. The van der Waals surface area contributed by atoms with Crippen molar-refractivity contribution in [1.29, 1.82) is 0 Å². The molecule has 0 unspecified atom stereocenters. The molecule has 0 fully saturated rings. The molecule has 0 amide bonds. The highest BCUT2D eigenvalue weighted by atomic mass is 32.3. The second-order valence-electron chi connectivity index (χ2n) is 4.28. The van der Waals surface area contributed by atoms with Gasteiger partial charge in [-0.1, -0.05) is 0 Å². The summed E-state index contributed by atoms with van der Waals surface area (Å²) in [4.78, 5) is 26.2. The SMILES string of the molecule is COc1ccc2[nH]c(=O)c(C(C)=O)c(OS(=O)(=O)OC)c2c1. The third kappa shape index (κ3) is 2.95. The third-order valence-corrected chi connectivity index (χ3v) is 3.69. The average molecular weight is 327 g/mol. The van der Waals surface area contributed by atoms with E-state index in [9.17, 15) is 18.0 Å². The van der Waals surface area contributed by atoms with E-state index in [2.05, 4.69) is 9.17 Å². The molecule has 22 heavy (non-hydrogen) atoms. The first-order chi connectivity index (χ1) is 10.3. The summed E-state index contributed by atoms with van der Waals surface area (Å²) in [5.74, 6) is -0.645. The molecule has 2 rings (SSSR count). The summed E-state index contributed by atoms with van der Waals surface area (Å²) in [6.45, 7) is 1.13. The fourth-order valence-electron chi connectivity index (χ4n) is 1.91. The summed E-state index contributed by atoms with van der Waals surface area (Å²) in [7, 11) is -2.08. The number of aromatic nitrogens is 1. The lowest BCUT2D eigenvalue weighted by Gasteiger charge is -2.11. The molecule has 0 bridgehead atoms. The Hall–Kier alpha value is -2.39. The number of carbonyl (C=O) groups is 1. The smallest absolute Gasteiger partial charge is 0.448 e. The van der Waals surface area contributed by atoms with Gasteiger partial charge in [0.2, 0.25) is 0 Å². The van der Waals surface area contributed by atoms with Crippen molar-refractivity contribution in [1.82, 2.24) is 4.98 Å². The van der Waals surface area contributed by atoms with Gasteiger partial charge >= 0.3 is 10.4 Å². The molecule has 0 aliphatic rings. The number of carbonyl (C=O) groups excluding carboxylic acids is 1. The highest BCUT2D eigenvalue weighted by Gasteiger charge is 2.23. The normalized spacial score (nSPS) is 11.4. The number of nitrogens with one attached hydrogen (secondary N) is 1. The number of fused-ring (bicyclic) bond motifs is 1. The van der Waals surface area contributed by atoms with E-state index < -0.39 is 33.1 Å². The Bertz CT molecular complexity index is 898. The first-order valence-corrected chi connectivity index (χ1v) is 7.37. The van der Waals surface area contributed by atoms with Crippen molar-refractivity contribution in [2.45, 2.75) is 6.92 Å². The van der Waals surface area contributed by atoms with Crippen molar-refractivity contribution in [3.63, 3.8) is 0 Å². The van der Waals surface area contributed by atoms with Crippen molar-refractivity contribution in [2.75, 3.05) is 14.2 Å². The first-order valence-electron chi connectivity index (χ1n) is 6.04. The van der Waals surface area contributed by atoms with Crippen LogP contribution < -0.4 is 14.5 Å². The number of ether oxygens (including phenoxy) is 1. The van der Waals surface area contributed by atoms with E-state index in [-0.39, 0.29) is 10.9 Å². The van der Waals surface area contributed by atoms with Crippen LogP contribution in [0.5, 0.6) is 11.5 Å². The number of aromatic amines is 1. The molecule has 118 valence electrons. The number of benzene rings is 1. The lowest BCUT2D eigenvalue weighted by molar-refractivity contribution is 0.101. The van der Waals surface area contributed by atoms with Crippen molar-refractivity contribution in [2.24, 2.45) is 0 Å². The molecule has 1 N–H and O–H groups in total. The minimum Gasteiger partial charge on any atom is -0.497 e. The Labute approximate surface area is 125 Å². The summed E-state index contributed by atoms with van der Waals surface area (Å²) in [5.41, 5.74) is -0.884. The van der Waals surface area contributed by atoms with Crippen LogP contribution in [-0.4, -0.2) is 33.4 Å². The maximum Gasteiger partial charge on any atom is 0.448 e. The summed E-state index contributed by atoms with van der Waals surface area (Å²) < 4.78 is 37.2. The number of ketones is 1. The Kier molecular flexibility index (Phi) is 4.20. The summed E-state index contributed by atoms with van der Waals surface area (Å²) in [6, 6.07) is 4.52. The molecule has 2 aromatic rings. The average Bonchev–Trinajstić information content (AvgIpc) is 2.46. The van der Waals surface area contributed by atoms with E-state index in [4.69, 9.17) is 8.92 Å². The van der Waals surface area contributed by atoms with Crippen LogP contribution in [0.4, 0.5) is 0 Å². The molecule has 0 saturated heterocycles. The topological polar surface area (TPSA) is 112 Å². The zero-order valence-electron chi connectivity index (χ0n) is 12.0. The Balaban J connectivity index is 2.89. The molecule has 1 heterocycles. The van der Waals surface area contributed by atoms with Gasteiger partial charge in [-0.15, -0.1) is 0 Å². The number of pyridine rings is 1. The van der Waals surface area contributed by atoms with Gasteiger partial charge in [-0.3, -0.25) is 9.59 Å². The van der Waals surface area contributed by atoms with E-state index >= 15 is 0 Å². The second kappa shape index (κ2) is 5.78. The molecule has 1 aromatic carbocycles. The highest BCUT2D eigenvalue weighted by molar-refractivity contribution is 7.82. The van der Waals surface area contributed by atoms with Crippen LogP contribution >= 0.6 is 0 Å². The van der Waals surface area contributed by atoms with Crippen LogP contribution in [0.15, 0.2) is 23.0 Å². The molecule has 0 atom stereocenters. The molecule has 0 radical (unpaired) electrons. The maximum atomic E-state index is 12.0. The quantitative estimate of drug-likeness (QED) is 0.816. The number of rotatable bonds is 5. The van der Waals surface area contributed by atoms with Gasteiger partial charge in [-0.2, -0.15) is 8.42 Å². The second-order valence-corrected chi connectivity index (χ2v) is 5.60. The number of hydrogen-bond donors (Lipinski definition) is 1.